The van der Waals surface area contributed by atoms with E-state index in [-0.39, 0.29) is 0 Å². The summed E-state index contributed by atoms with van der Waals surface area (Å²) in [7, 11) is 0. The van der Waals surface area contributed by atoms with E-state index in [1.54, 1.807) is 23.7 Å². The van der Waals surface area contributed by atoms with E-state index >= 15 is 0 Å². The zero-order valence-corrected chi connectivity index (χ0v) is 17.0. The fraction of sp³-hybridized carbons (Fsp3) is 0.227. The Morgan fingerprint density at radius 3 is 2.72 bits per heavy atom. The third-order valence-corrected chi connectivity index (χ3v) is 6.21. The number of aryl methyl sites for hydroxylation is 2. The van der Waals surface area contributed by atoms with Gasteiger partial charge < -0.3 is 14.8 Å². The van der Waals surface area contributed by atoms with Gasteiger partial charge in [-0.1, -0.05) is 6.07 Å². The third kappa shape index (κ3) is 3.38. The number of pyridine rings is 1. The topological polar surface area (TPSA) is 69.2 Å². The normalized spacial score (nSPS) is 12.5. The average molecular weight is 404 g/mol. The molecule has 0 bridgehead atoms. The smallest absolute Gasteiger partial charge is 0.231 e. The highest BCUT2D eigenvalue weighted by Gasteiger charge is 2.16. The summed E-state index contributed by atoms with van der Waals surface area (Å²) in [6.45, 7) is 5.32. The van der Waals surface area contributed by atoms with E-state index in [4.69, 9.17) is 19.4 Å². The molecule has 1 aliphatic rings. The van der Waals surface area contributed by atoms with Crippen LogP contribution in [0.15, 0.2) is 42.7 Å². The molecule has 5 rings (SSSR count). The van der Waals surface area contributed by atoms with Crippen molar-refractivity contribution in [2.24, 2.45) is 0 Å². The van der Waals surface area contributed by atoms with Crippen LogP contribution in [0.5, 0.6) is 11.5 Å². The van der Waals surface area contributed by atoms with E-state index < -0.39 is 0 Å². The molecule has 1 aromatic carbocycles. The Bertz CT molecular complexity index is 1190. The predicted octanol–water partition coefficient (Wildman–Crippen LogP) is 4.75. The monoisotopic (exact) mass is 404 g/mol. The van der Waals surface area contributed by atoms with Crippen LogP contribution in [0.1, 0.15) is 16.0 Å². The molecule has 29 heavy (non-hydrogen) atoms. The van der Waals surface area contributed by atoms with Crippen LogP contribution in [0.2, 0.25) is 0 Å². The number of fused-ring (bicyclic) bond motifs is 2. The minimum absolute atomic E-state index is 0.296. The van der Waals surface area contributed by atoms with Crippen molar-refractivity contribution in [1.29, 1.82) is 0 Å². The molecular weight excluding hydrogens is 384 g/mol. The summed E-state index contributed by atoms with van der Waals surface area (Å²) in [6.07, 6.45) is 4.38. The lowest BCUT2D eigenvalue weighted by Crippen LogP contribution is -2.08. The summed E-state index contributed by atoms with van der Waals surface area (Å²) in [6, 6.07) is 9.96. The van der Waals surface area contributed by atoms with Gasteiger partial charge >= 0.3 is 0 Å². The van der Waals surface area contributed by atoms with Gasteiger partial charge in [-0.05, 0) is 55.7 Å². The molecule has 0 aliphatic carbocycles. The maximum atomic E-state index is 5.48. The quantitative estimate of drug-likeness (QED) is 0.517. The van der Waals surface area contributed by atoms with Crippen LogP contribution in [0.3, 0.4) is 0 Å². The second-order valence-corrected chi connectivity index (χ2v) is 8.16. The van der Waals surface area contributed by atoms with Crippen molar-refractivity contribution in [2.75, 3.05) is 18.7 Å². The number of ether oxygens (including phenoxy) is 2. The van der Waals surface area contributed by atoms with Gasteiger partial charge in [0.2, 0.25) is 6.79 Å². The van der Waals surface area contributed by atoms with Crippen molar-refractivity contribution in [3.05, 3.63) is 58.7 Å². The first-order valence-electron chi connectivity index (χ1n) is 9.49. The highest BCUT2D eigenvalue weighted by molar-refractivity contribution is 7.18. The molecule has 0 unspecified atom stereocenters. The van der Waals surface area contributed by atoms with Gasteiger partial charge in [-0.3, -0.25) is 4.98 Å². The van der Waals surface area contributed by atoms with Crippen LogP contribution >= 0.6 is 11.3 Å². The highest BCUT2D eigenvalue weighted by Crippen LogP contribution is 2.35. The van der Waals surface area contributed by atoms with E-state index in [9.17, 15) is 0 Å². The molecule has 0 atom stereocenters. The van der Waals surface area contributed by atoms with Crippen LogP contribution in [0.25, 0.3) is 21.6 Å². The summed E-state index contributed by atoms with van der Waals surface area (Å²) >= 11 is 1.71. The van der Waals surface area contributed by atoms with Crippen molar-refractivity contribution >= 4 is 27.4 Å². The third-order valence-electron chi connectivity index (χ3n) is 5.11. The Hall–Kier alpha value is -3.19. The summed E-state index contributed by atoms with van der Waals surface area (Å²) in [5.74, 6) is 3.22. The van der Waals surface area contributed by atoms with Gasteiger partial charge in [0.05, 0.1) is 5.39 Å². The van der Waals surface area contributed by atoms with Crippen LogP contribution in [-0.4, -0.2) is 28.3 Å². The number of nitrogens with one attached hydrogen (secondary N) is 1. The SMILES string of the molecule is Cc1sc2nc(-c3ccncc3)nc(NCCc3ccc4c(c3)OCO4)c2c1C. The molecule has 4 aromatic rings. The van der Waals surface area contributed by atoms with Gasteiger partial charge in [0.25, 0.3) is 0 Å². The zero-order chi connectivity index (χ0) is 19.8. The van der Waals surface area contributed by atoms with E-state index in [1.807, 2.05) is 24.3 Å². The minimum atomic E-state index is 0.296. The maximum Gasteiger partial charge on any atom is 0.231 e. The molecule has 0 radical (unpaired) electrons. The van der Waals surface area contributed by atoms with E-state index in [0.717, 1.165) is 46.1 Å². The van der Waals surface area contributed by atoms with Crippen LogP contribution in [-0.2, 0) is 6.42 Å². The van der Waals surface area contributed by atoms with Crippen molar-refractivity contribution in [3.8, 4) is 22.9 Å². The van der Waals surface area contributed by atoms with Crippen molar-refractivity contribution in [3.63, 3.8) is 0 Å². The maximum absolute atomic E-state index is 5.48. The number of hydrogen-bond acceptors (Lipinski definition) is 7. The van der Waals surface area contributed by atoms with Gasteiger partial charge in [0.1, 0.15) is 10.6 Å². The first-order chi connectivity index (χ1) is 14.2. The van der Waals surface area contributed by atoms with Crippen molar-refractivity contribution < 1.29 is 9.47 Å². The Balaban J connectivity index is 1.43. The standard InChI is InChI=1S/C22H20N4O2S/c1-13-14(2)29-22-19(13)21(25-20(26-22)16-6-8-23-9-7-16)24-10-5-15-3-4-17-18(11-15)28-12-27-17/h3-4,6-9,11H,5,10,12H2,1-2H3,(H,24,25,26). The van der Waals surface area contributed by atoms with Gasteiger partial charge in [-0.25, -0.2) is 9.97 Å². The fourth-order valence-electron chi connectivity index (χ4n) is 3.43. The lowest BCUT2D eigenvalue weighted by atomic mass is 10.1. The first kappa shape index (κ1) is 17.9. The number of thiophene rings is 1. The molecule has 0 saturated heterocycles. The molecule has 1 N–H and O–H groups in total. The predicted molar refractivity (Wildman–Crippen MR) is 115 cm³/mol. The van der Waals surface area contributed by atoms with Crippen LogP contribution < -0.4 is 14.8 Å². The number of nitrogens with zero attached hydrogens (tertiary/aromatic N) is 3. The molecule has 1 aliphatic heterocycles. The summed E-state index contributed by atoms with van der Waals surface area (Å²) in [5, 5.41) is 4.64. The van der Waals surface area contributed by atoms with Crippen molar-refractivity contribution in [1.82, 2.24) is 15.0 Å². The largest absolute Gasteiger partial charge is 0.454 e. The number of anilines is 1. The molecular formula is C22H20N4O2S. The van der Waals surface area contributed by atoms with E-state index in [0.29, 0.717) is 12.6 Å². The summed E-state index contributed by atoms with van der Waals surface area (Å²) < 4.78 is 10.9. The highest BCUT2D eigenvalue weighted by atomic mass is 32.1. The zero-order valence-electron chi connectivity index (χ0n) is 16.2. The molecule has 3 aromatic heterocycles. The van der Waals surface area contributed by atoms with Crippen LogP contribution in [0, 0.1) is 13.8 Å². The molecule has 0 fully saturated rings. The Morgan fingerprint density at radius 1 is 1.03 bits per heavy atom. The molecule has 0 spiro atoms. The van der Waals surface area contributed by atoms with Crippen molar-refractivity contribution in [2.45, 2.75) is 20.3 Å². The van der Waals surface area contributed by atoms with E-state index in [1.165, 1.54) is 16.0 Å². The van der Waals surface area contributed by atoms with Gasteiger partial charge in [0, 0.05) is 29.4 Å². The van der Waals surface area contributed by atoms with Gasteiger partial charge in [0.15, 0.2) is 17.3 Å². The summed E-state index contributed by atoms with van der Waals surface area (Å²) in [5.41, 5.74) is 3.39. The second-order valence-electron chi connectivity index (χ2n) is 6.96. The van der Waals surface area contributed by atoms with E-state index in [2.05, 4.69) is 30.2 Å². The lowest BCUT2D eigenvalue weighted by molar-refractivity contribution is 0.174. The summed E-state index contributed by atoms with van der Waals surface area (Å²) in [4.78, 5) is 16.0. The fourth-order valence-corrected chi connectivity index (χ4v) is 4.46. The lowest BCUT2D eigenvalue weighted by Gasteiger charge is -2.10. The Kier molecular flexibility index (Phi) is 4.52. The number of rotatable bonds is 5. The Morgan fingerprint density at radius 2 is 1.86 bits per heavy atom. The molecule has 4 heterocycles. The minimum Gasteiger partial charge on any atom is -0.454 e. The van der Waals surface area contributed by atoms with Gasteiger partial charge in [-0.15, -0.1) is 11.3 Å². The number of benzene rings is 1. The van der Waals surface area contributed by atoms with Gasteiger partial charge in [-0.2, -0.15) is 0 Å². The molecule has 6 nitrogen and oxygen atoms in total. The van der Waals surface area contributed by atoms with Crippen LogP contribution in [0.4, 0.5) is 5.82 Å². The molecule has 7 heteroatoms. The molecule has 0 amide bonds. The average Bonchev–Trinajstić information content (AvgIpc) is 3.32. The number of hydrogen-bond donors (Lipinski definition) is 1. The molecule has 146 valence electrons. The second kappa shape index (κ2) is 7.33. The number of aromatic nitrogens is 3. The Labute approximate surface area is 172 Å². The first-order valence-corrected chi connectivity index (χ1v) is 10.3. The molecule has 0 saturated carbocycles.